The first-order valence-corrected chi connectivity index (χ1v) is 10.2. The Kier molecular flexibility index (Phi) is 4.97. The van der Waals surface area contributed by atoms with Crippen LogP contribution >= 0.6 is 0 Å². The molecule has 2 aromatic carbocycles. The smallest absolute Gasteiger partial charge is 0.259 e. The monoisotopic (exact) mass is 411 g/mol. The van der Waals surface area contributed by atoms with Crippen molar-refractivity contribution in [2.45, 2.75) is 31.8 Å². The third kappa shape index (κ3) is 3.32. The number of nitrogens with one attached hydrogen (secondary N) is 1. The number of aromatic nitrogens is 1. The number of amides is 2. The molecule has 156 valence electrons. The summed E-state index contributed by atoms with van der Waals surface area (Å²) in [5.41, 5.74) is 0.809. The SMILES string of the molecule is C=C1c2ccccc2N(C(=O)c2ccccc2)C1(C(=O)NC(C)(C)C)c1ccccn1. The van der Waals surface area contributed by atoms with Crippen LogP contribution in [0.3, 0.4) is 0 Å². The molecule has 4 rings (SSSR count). The number of nitrogens with zero attached hydrogens (tertiary/aromatic N) is 2. The van der Waals surface area contributed by atoms with E-state index in [1.807, 2.05) is 69.3 Å². The van der Waals surface area contributed by atoms with Gasteiger partial charge in [-0.2, -0.15) is 0 Å². The molecule has 2 amide bonds. The van der Waals surface area contributed by atoms with Crippen LogP contribution in [0.25, 0.3) is 5.57 Å². The number of benzene rings is 2. The fourth-order valence-corrected chi connectivity index (χ4v) is 4.04. The standard InChI is InChI=1S/C26H25N3O2/c1-18-20-14-8-9-15-21(20)29(23(30)19-12-6-5-7-13-19)26(18,22-16-10-11-17-27-22)24(31)28-25(2,3)4/h5-17H,1H2,2-4H3,(H,28,31). The Hall–Kier alpha value is -3.73. The zero-order chi connectivity index (χ0) is 22.2. The summed E-state index contributed by atoms with van der Waals surface area (Å²) in [5, 5.41) is 3.07. The van der Waals surface area contributed by atoms with Crippen molar-refractivity contribution in [2.24, 2.45) is 0 Å². The highest BCUT2D eigenvalue weighted by atomic mass is 16.2. The van der Waals surface area contributed by atoms with Crippen LogP contribution in [0.2, 0.25) is 0 Å². The van der Waals surface area contributed by atoms with Crippen LogP contribution in [0, 0.1) is 0 Å². The lowest BCUT2D eigenvalue weighted by atomic mass is 9.83. The van der Waals surface area contributed by atoms with Gasteiger partial charge < -0.3 is 5.32 Å². The Morgan fingerprint density at radius 2 is 1.58 bits per heavy atom. The molecule has 5 nitrogen and oxygen atoms in total. The molecular formula is C26H25N3O2. The molecule has 0 aliphatic carbocycles. The number of hydrogen-bond donors (Lipinski definition) is 1. The molecule has 0 spiro atoms. The molecule has 0 saturated carbocycles. The van der Waals surface area contributed by atoms with Crippen LogP contribution in [0.4, 0.5) is 5.69 Å². The van der Waals surface area contributed by atoms with Crippen molar-refractivity contribution >= 4 is 23.1 Å². The highest BCUT2D eigenvalue weighted by Gasteiger charge is 2.58. The summed E-state index contributed by atoms with van der Waals surface area (Å²) in [4.78, 5) is 34.0. The third-order valence-electron chi connectivity index (χ3n) is 5.32. The van der Waals surface area contributed by atoms with Crippen LogP contribution in [0.5, 0.6) is 0 Å². The molecule has 3 aromatic rings. The van der Waals surface area contributed by atoms with E-state index in [9.17, 15) is 9.59 Å². The maximum absolute atomic E-state index is 14.0. The lowest BCUT2D eigenvalue weighted by Crippen LogP contribution is -2.60. The lowest BCUT2D eigenvalue weighted by Gasteiger charge is -2.39. The Morgan fingerprint density at radius 3 is 2.23 bits per heavy atom. The van der Waals surface area contributed by atoms with Crippen LogP contribution in [0.1, 0.15) is 42.4 Å². The van der Waals surface area contributed by atoms with E-state index in [4.69, 9.17) is 0 Å². The molecule has 1 unspecified atom stereocenters. The maximum atomic E-state index is 14.0. The van der Waals surface area contributed by atoms with Gasteiger partial charge in [-0.15, -0.1) is 0 Å². The quantitative estimate of drug-likeness (QED) is 0.687. The minimum atomic E-state index is -1.51. The van der Waals surface area contributed by atoms with Crippen LogP contribution in [-0.4, -0.2) is 22.3 Å². The van der Waals surface area contributed by atoms with E-state index < -0.39 is 11.1 Å². The van der Waals surface area contributed by atoms with Gasteiger partial charge in [-0.3, -0.25) is 19.5 Å². The van der Waals surface area contributed by atoms with Crippen molar-refractivity contribution in [2.75, 3.05) is 4.90 Å². The van der Waals surface area contributed by atoms with Gasteiger partial charge in [0.1, 0.15) is 0 Å². The number of hydrogen-bond acceptors (Lipinski definition) is 3. The van der Waals surface area contributed by atoms with Crippen LogP contribution in [0.15, 0.2) is 85.6 Å². The second-order valence-corrected chi connectivity index (χ2v) is 8.63. The third-order valence-corrected chi connectivity index (χ3v) is 5.32. The average Bonchev–Trinajstić information content (AvgIpc) is 3.03. The highest BCUT2D eigenvalue weighted by Crippen LogP contribution is 2.52. The molecule has 1 aromatic heterocycles. The number of carbonyl (C=O) groups excluding carboxylic acids is 2. The highest BCUT2D eigenvalue weighted by molar-refractivity contribution is 6.21. The van der Waals surface area contributed by atoms with E-state index in [2.05, 4.69) is 16.9 Å². The molecule has 1 N–H and O–H groups in total. The Balaban J connectivity index is 2.02. The van der Waals surface area contributed by atoms with Gasteiger partial charge in [-0.05, 0) is 56.7 Å². The van der Waals surface area contributed by atoms with Gasteiger partial charge in [-0.1, -0.05) is 49.0 Å². The normalized spacial score (nSPS) is 17.9. The minimum Gasteiger partial charge on any atom is -0.349 e. The number of para-hydroxylation sites is 1. The fourth-order valence-electron chi connectivity index (χ4n) is 4.04. The Bertz CT molecular complexity index is 1150. The topological polar surface area (TPSA) is 62.3 Å². The molecule has 1 atom stereocenters. The van der Waals surface area contributed by atoms with Crippen molar-refractivity contribution < 1.29 is 9.59 Å². The zero-order valence-corrected chi connectivity index (χ0v) is 17.9. The fraction of sp³-hybridized carbons (Fsp3) is 0.192. The predicted molar refractivity (Wildman–Crippen MR) is 123 cm³/mol. The summed E-state index contributed by atoms with van der Waals surface area (Å²) in [6.45, 7) is 10.0. The molecule has 0 saturated heterocycles. The Morgan fingerprint density at radius 1 is 0.935 bits per heavy atom. The van der Waals surface area contributed by atoms with Crippen LogP contribution in [-0.2, 0) is 10.3 Å². The van der Waals surface area contributed by atoms with Crippen molar-refractivity contribution in [3.63, 3.8) is 0 Å². The van der Waals surface area contributed by atoms with Crippen molar-refractivity contribution in [3.8, 4) is 0 Å². The number of fused-ring (bicyclic) bond motifs is 1. The van der Waals surface area contributed by atoms with E-state index in [1.54, 1.807) is 35.4 Å². The molecule has 31 heavy (non-hydrogen) atoms. The van der Waals surface area contributed by atoms with Crippen molar-refractivity contribution in [1.29, 1.82) is 0 Å². The van der Waals surface area contributed by atoms with Crippen molar-refractivity contribution in [3.05, 3.63) is 102 Å². The van der Waals surface area contributed by atoms with E-state index in [1.165, 1.54) is 0 Å². The molecule has 2 heterocycles. The van der Waals surface area contributed by atoms with E-state index >= 15 is 0 Å². The van der Waals surface area contributed by atoms with E-state index in [0.717, 1.165) is 5.56 Å². The first-order chi connectivity index (χ1) is 14.8. The van der Waals surface area contributed by atoms with Gasteiger partial charge in [0.2, 0.25) is 0 Å². The van der Waals surface area contributed by atoms with Gasteiger partial charge in [0, 0.05) is 22.9 Å². The molecular weight excluding hydrogens is 386 g/mol. The van der Waals surface area contributed by atoms with Gasteiger partial charge in [0.15, 0.2) is 5.54 Å². The molecule has 0 fully saturated rings. The molecule has 0 bridgehead atoms. The van der Waals surface area contributed by atoms with Crippen LogP contribution < -0.4 is 10.2 Å². The van der Waals surface area contributed by atoms with Gasteiger partial charge >= 0.3 is 0 Å². The second-order valence-electron chi connectivity index (χ2n) is 8.63. The summed E-state index contributed by atoms with van der Waals surface area (Å²) in [6, 6.07) is 21.8. The van der Waals surface area contributed by atoms with E-state index in [0.29, 0.717) is 22.5 Å². The number of carbonyl (C=O) groups is 2. The minimum absolute atomic E-state index is 0.290. The predicted octanol–water partition coefficient (Wildman–Crippen LogP) is 4.57. The summed E-state index contributed by atoms with van der Waals surface area (Å²) < 4.78 is 0. The summed E-state index contributed by atoms with van der Waals surface area (Å²) in [7, 11) is 0. The molecule has 5 heteroatoms. The average molecular weight is 412 g/mol. The van der Waals surface area contributed by atoms with Gasteiger partial charge in [0.25, 0.3) is 11.8 Å². The first-order valence-electron chi connectivity index (χ1n) is 10.2. The zero-order valence-electron chi connectivity index (χ0n) is 17.9. The summed E-state index contributed by atoms with van der Waals surface area (Å²) >= 11 is 0. The number of rotatable bonds is 3. The summed E-state index contributed by atoms with van der Waals surface area (Å²) in [5.74, 6) is -0.634. The first kappa shape index (κ1) is 20.5. The maximum Gasteiger partial charge on any atom is 0.259 e. The number of anilines is 1. The van der Waals surface area contributed by atoms with E-state index in [-0.39, 0.29) is 11.8 Å². The largest absolute Gasteiger partial charge is 0.349 e. The van der Waals surface area contributed by atoms with Gasteiger partial charge in [0.05, 0.1) is 11.4 Å². The molecule has 0 radical (unpaired) electrons. The molecule has 1 aliphatic heterocycles. The number of pyridine rings is 1. The lowest BCUT2D eigenvalue weighted by molar-refractivity contribution is -0.126. The van der Waals surface area contributed by atoms with Gasteiger partial charge in [-0.25, -0.2) is 0 Å². The summed E-state index contributed by atoms with van der Waals surface area (Å²) in [6.07, 6.45) is 1.63. The second kappa shape index (κ2) is 7.51. The molecule has 1 aliphatic rings. The Labute approximate surface area is 182 Å². The van der Waals surface area contributed by atoms with Crippen molar-refractivity contribution in [1.82, 2.24) is 10.3 Å².